The molecule has 2 aromatic heterocycles. The minimum absolute atomic E-state index is 0.00800. The minimum Gasteiger partial charge on any atom is -0.477 e. The van der Waals surface area contributed by atoms with Gasteiger partial charge in [-0.05, 0) is 31.2 Å². The molecule has 0 aliphatic carbocycles. The van der Waals surface area contributed by atoms with E-state index in [1.54, 1.807) is 0 Å². The fraction of sp³-hybridized carbons (Fsp3) is 0.214. The predicted molar refractivity (Wildman–Crippen MR) is 71.5 cm³/mol. The van der Waals surface area contributed by atoms with Gasteiger partial charge in [0, 0.05) is 0 Å². The lowest BCUT2D eigenvalue weighted by Gasteiger charge is -2.18. The molecule has 0 unspecified atom stereocenters. The molecule has 0 saturated carbocycles. The van der Waals surface area contributed by atoms with Gasteiger partial charge in [0.1, 0.15) is 17.0 Å². The molecule has 2 rings (SSSR count). The van der Waals surface area contributed by atoms with Crippen molar-refractivity contribution < 1.29 is 36.2 Å². The summed E-state index contributed by atoms with van der Waals surface area (Å²) in [7, 11) is 0. The van der Waals surface area contributed by atoms with Crippen molar-refractivity contribution in [2.24, 2.45) is 0 Å². The molecule has 0 fully saturated rings. The number of carbonyl (C=O) groups is 1. The monoisotopic (exact) mass is 366 g/mol. The molecule has 0 aromatic carbocycles. The summed E-state index contributed by atoms with van der Waals surface area (Å²) in [6, 6.07) is 1.88. The molecule has 25 heavy (non-hydrogen) atoms. The molecule has 1 N–H and O–H groups in total. The van der Waals surface area contributed by atoms with E-state index >= 15 is 0 Å². The normalized spacial score (nSPS) is 12.3. The van der Waals surface area contributed by atoms with Crippen LogP contribution in [0.15, 0.2) is 29.1 Å². The second kappa shape index (κ2) is 5.90. The summed E-state index contributed by atoms with van der Waals surface area (Å²) < 4.78 is 77.3. The Morgan fingerprint density at radius 2 is 1.64 bits per heavy atom. The van der Waals surface area contributed by atoms with E-state index in [1.807, 2.05) is 0 Å². The van der Waals surface area contributed by atoms with Gasteiger partial charge >= 0.3 is 18.3 Å². The molecule has 0 amide bonds. The highest BCUT2D eigenvalue weighted by atomic mass is 19.4. The maximum atomic E-state index is 13.1. The predicted octanol–water partition coefficient (Wildman–Crippen LogP) is 3.28. The quantitative estimate of drug-likeness (QED) is 0.828. The molecule has 0 radical (unpaired) electrons. The smallest absolute Gasteiger partial charge is 0.433 e. The Morgan fingerprint density at radius 3 is 2.08 bits per heavy atom. The van der Waals surface area contributed by atoms with Crippen LogP contribution in [0.1, 0.15) is 27.4 Å². The van der Waals surface area contributed by atoms with E-state index in [9.17, 15) is 35.9 Å². The van der Waals surface area contributed by atoms with Gasteiger partial charge in [-0.3, -0.25) is 9.36 Å². The Morgan fingerprint density at radius 1 is 1.04 bits per heavy atom. The summed E-state index contributed by atoms with van der Waals surface area (Å²) in [6.45, 7) is 0.977. The molecule has 2 aromatic rings. The highest BCUT2D eigenvalue weighted by Gasteiger charge is 2.37. The van der Waals surface area contributed by atoms with Crippen LogP contribution >= 0.6 is 0 Å². The van der Waals surface area contributed by atoms with Gasteiger partial charge in [0.25, 0.3) is 5.56 Å². The van der Waals surface area contributed by atoms with E-state index in [1.165, 1.54) is 0 Å². The first-order chi connectivity index (χ1) is 11.3. The first-order valence-corrected chi connectivity index (χ1v) is 6.46. The van der Waals surface area contributed by atoms with Crippen LogP contribution in [0.4, 0.5) is 26.3 Å². The van der Waals surface area contributed by atoms with Gasteiger partial charge < -0.3 is 5.11 Å². The zero-order valence-electron chi connectivity index (χ0n) is 12.2. The molecular formula is C14H8F6N2O3. The number of hydrogen-bond donors (Lipinski definition) is 1. The van der Waals surface area contributed by atoms with Crippen LogP contribution in [0, 0.1) is 6.92 Å². The van der Waals surface area contributed by atoms with Crippen molar-refractivity contribution in [3.63, 3.8) is 0 Å². The lowest BCUT2D eigenvalue weighted by atomic mass is 10.2. The second-order valence-corrected chi connectivity index (χ2v) is 4.87. The number of carboxylic acid groups (broad SMARTS) is 1. The van der Waals surface area contributed by atoms with Crippen LogP contribution < -0.4 is 5.56 Å². The van der Waals surface area contributed by atoms with Gasteiger partial charge in [0.15, 0.2) is 0 Å². The van der Waals surface area contributed by atoms with Crippen LogP contribution in [0.5, 0.6) is 0 Å². The number of halogens is 6. The zero-order valence-corrected chi connectivity index (χ0v) is 12.2. The summed E-state index contributed by atoms with van der Waals surface area (Å²) in [4.78, 5) is 26.3. The molecule has 0 aliphatic rings. The van der Waals surface area contributed by atoms with Gasteiger partial charge in [-0.1, -0.05) is 0 Å². The van der Waals surface area contributed by atoms with Crippen LogP contribution in [-0.2, 0) is 12.4 Å². The SMILES string of the molecule is Cc1nc(C(F)(F)F)ccc1-n1c(C(F)(F)F)ccc(C(=O)O)c1=O. The van der Waals surface area contributed by atoms with E-state index in [0.717, 1.165) is 6.92 Å². The average molecular weight is 366 g/mol. The Hall–Kier alpha value is -2.85. The fourth-order valence-corrected chi connectivity index (χ4v) is 2.11. The van der Waals surface area contributed by atoms with E-state index < -0.39 is 52.2 Å². The van der Waals surface area contributed by atoms with Gasteiger partial charge in [-0.25, -0.2) is 9.78 Å². The standard InChI is InChI=1S/C14H8F6N2O3/c1-6-8(3-4-9(21-6)13(15,16)17)22-10(14(18,19)20)5-2-7(11(22)23)12(24)25/h2-5H,1H3,(H,24,25). The van der Waals surface area contributed by atoms with Crippen LogP contribution in [0.2, 0.25) is 0 Å². The number of aryl methyl sites for hydroxylation is 1. The zero-order chi connectivity index (χ0) is 19.2. The van der Waals surface area contributed by atoms with E-state index in [-0.39, 0.29) is 4.57 Å². The van der Waals surface area contributed by atoms with Gasteiger partial charge in [0.2, 0.25) is 0 Å². The highest BCUT2D eigenvalue weighted by Crippen LogP contribution is 2.32. The Bertz CT molecular complexity index is 899. The van der Waals surface area contributed by atoms with Crippen molar-refractivity contribution in [3.05, 3.63) is 57.3 Å². The van der Waals surface area contributed by atoms with Crippen molar-refractivity contribution >= 4 is 5.97 Å². The number of nitrogens with zero attached hydrogens (tertiary/aromatic N) is 2. The van der Waals surface area contributed by atoms with E-state index in [2.05, 4.69) is 4.98 Å². The third kappa shape index (κ3) is 3.49. The topological polar surface area (TPSA) is 72.2 Å². The molecule has 5 nitrogen and oxygen atoms in total. The second-order valence-electron chi connectivity index (χ2n) is 4.87. The average Bonchev–Trinajstić information content (AvgIpc) is 2.45. The number of aromatic carboxylic acids is 1. The maximum absolute atomic E-state index is 13.1. The first kappa shape index (κ1) is 18.5. The molecule has 0 bridgehead atoms. The maximum Gasteiger partial charge on any atom is 0.433 e. The van der Waals surface area contributed by atoms with Crippen molar-refractivity contribution in [1.29, 1.82) is 0 Å². The molecule has 11 heteroatoms. The number of aromatic nitrogens is 2. The van der Waals surface area contributed by atoms with Crippen LogP contribution in [0.3, 0.4) is 0 Å². The summed E-state index contributed by atoms with van der Waals surface area (Å²) in [5.74, 6) is -1.77. The van der Waals surface area contributed by atoms with Gasteiger partial charge in [-0.15, -0.1) is 0 Å². The molecule has 0 spiro atoms. The lowest BCUT2D eigenvalue weighted by molar-refractivity contribution is -0.143. The Balaban J connectivity index is 2.84. The first-order valence-electron chi connectivity index (χ1n) is 6.46. The highest BCUT2D eigenvalue weighted by molar-refractivity contribution is 5.87. The molecule has 0 aliphatic heterocycles. The third-order valence-corrected chi connectivity index (χ3v) is 3.19. The molecule has 2 heterocycles. The van der Waals surface area contributed by atoms with Crippen molar-refractivity contribution in [2.45, 2.75) is 19.3 Å². The van der Waals surface area contributed by atoms with Gasteiger partial charge in [0.05, 0.1) is 11.4 Å². The van der Waals surface area contributed by atoms with E-state index in [0.29, 0.717) is 24.3 Å². The number of hydrogen-bond acceptors (Lipinski definition) is 3. The third-order valence-electron chi connectivity index (χ3n) is 3.19. The summed E-state index contributed by atoms with van der Waals surface area (Å²) in [5.41, 5.74) is -6.52. The van der Waals surface area contributed by atoms with Crippen LogP contribution in [0.25, 0.3) is 5.69 Å². The van der Waals surface area contributed by atoms with Crippen molar-refractivity contribution in [1.82, 2.24) is 9.55 Å². The van der Waals surface area contributed by atoms with Gasteiger partial charge in [-0.2, -0.15) is 26.3 Å². The molecular weight excluding hydrogens is 358 g/mol. The number of carboxylic acids is 1. The fourth-order valence-electron chi connectivity index (χ4n) is 2.11. The lowest BCUT2D eigenvalue weighted by Crippen LogP contribution is -2.31. The number of pyridine rings is 2. The summed E-state index contributed by atoms with van der Waals surface area (Å²) in [5, 5.41) is 8.89. The van der Waals surface area contributed by atoms with Crippen molar-refractivity contribution in [3.8, 4) is 5.69 Å². The number of rotatable bonds is 2. The molecule has 0 saturated heterocycles. The largest absolute Gasteiger partial charge is 0.477 e. The minimum atomic E-state index is -5.05. The summed E-state index contributed by atoms with van der Waals surface area (Å²) in [6.07, 6.45) is -9.88. The molecule has 134 valence electrons. The van der Waals surface area contributed by atoms with Crippen LogP contribution in [-0.4, -0.2) is 20.6 Å². The Kier molecular flexibility index (Phi) is 4.36. The van der Waals surface area contributed by atoms with E-state index in [4.69, 9.17) is 5.11 Å². The van der Waals surface area contributed by atoms with Crippen molar-refractivity contribution in [2.75, 3.05) is 0 Å². The Labute approximate surface area is 135 Å². The summed E-state index contributed by atoms with van der Waals surface area (Å²) >= 11 is 0. The molecule has 0 atom stereocenters. The number of alkyl halides is 6.